The number of ether oxygens (including phenoxy) is 1. The van der Waals surface area contributed by atoms with E-state index in [-0.39, 0.29) is 5.03 Å². The lowest BCUT2D eigenvalue weighted by atomic mass is 10.2. The molecule has 8 heteroatoms. The van der Waals surface area contributed by atoms with Gasteiger partial charge in [-0.15, -0.1) is 0 Å². The lowest BCUT2D eigenvalue weighted by molar-refractivity contribution is -0.141. The number of aromatic nitrogens is 1. The Kier molecular flexibility index (Phi) is 4.60. The molecule has 0 aliphatic rings. The maximum absolute atomic E-state index is 13.1. The van der Waals surface area contributed by atoms with Crippen LogP contribution in [0.1, 0.15) is 12.5 Å². The topological polar surface area (TPSA) is 56.3 Å². The van der Waals surface area contributed by atoms with Crippen molar-refractivity contribution in [1.29, 1.82) is 0 Å². The highest BCUT2D eigenvalue weighted by atomic mass is 32.2. The van der Waals surface area contributed by atoms with Gasteiger partial charge in [-0.2, -0.15) is 13.2 Å². The fraction of sp³-hybridized carbons (Fsp3) is 0.143. The molecule has 0 fully saturated rings. The molecule has 1 aromatic carbocycles. The second-order valence-electron chi connectivity index (χ2n) is 4.16. The first-order chi connectivity index (χ1) is 10.3. The van der Waals surface area contributed by atoms with Gasteiger partial charge in [0.15, 0.2) is 0 Å². The molecule has 1 atom stereocenters. The molecule has 2 aromatic rings. The fourth-order valence-electron chi connectivity index (χ4n) is 1.73. The zero-order chi connectivity index (χ0) is 16.3. The van der Waals surface area contributed by atoms with E-state index in [9.17, 15) is 22.2 Å². The highest BCUT2D eigenvalue weighted by Gasteiger charge is 2.37. The van der Waals surface area contributed by atoms with Crippen LogP contribution in [0.2, 0.25) is 0 Å². The Labute approximate surface area is 126 Å². The van der Waals surface area contributed by atoms with Gasteiger partial charge in [0, 0.05) is 13.1 Å². The first kappa shape index (κ1) is 16.2. The maximum atomic E-state index is 13.1. The average Bonchev–Trinajstić information content (AvgIpc) is 2.46. The van der Waals surface area contributed by atoms with Gasteiger partial charge in [0.1, 0.15) is 26.5 Å². The molecule has 0 spiro atoms. The number of rotatable bonds is 3. The van der Waals surface area contributed by atoms with Crippen LogP contribution in [0.25, 0.3) is 0 Å². The molecule has 1 unspecified atom stereocenters. The molecular formula is C14H10F3NO3S. The van der Waals surface area contributed by atoms with Crippen LogP contribution in [-0.2, 0) is 21.8 Å². The Hall–Kier alpha value is -2.22. The predicted molar refractivity (Wildman–Crippen MR) is 71.7 cm³/mol. The molecule has 0 radical (unpaired) electrons. The Morgan fingerprint density at radius 3 is 2.45 bits per heavy atom. The summed E-state index contributed by atoms with van der Waals surface area (Å²) < 4.78 is 56.7. The summed E-state index contributed by atoms with van der Waals surface area (Å²) in [7, 11) is -2.24. The van der Waals surface area contributed by atoms with Crippen molar-refractivity contribution in [1.82, 2.24) is 4.98 Å². The third kappa shape index (κ3) is 3.51. The van der Waals surface area contributed by atoms with Crippen LogP contribution in [0.3, 0.4) is 0 Å². The summed E-state index contributed by atoms with van der Waals surface area (Å²) in [6.07, 6.45) is -3.43. The molecule has 0 saturated heterocycles. The van der Waals surface area contributed by atoms with E-state index in [0.29, 0.717) is 0 Å². The third-order valence-corrected chi connectivity index (χ3v) is 3.96. The Morgan fingerprint density at radius 1 is 1.18 bits per heavy atom. The molecule has 0 N–H and O–H groups in total. The van der Waals surface area contributed by atoms with Crippen molar-refractivity contribution in [2.24, 2.45) is 0 Å². The SMILES string of the molecule is CC(=O)Oc1cccc(C(F)(F)F)c1S(=O)c1ccccn1. The summed E-state index contributed by atoms with van der Waals surface area (Å²) in [5.74, 6) is -1.20. The third-order valence-electron chi connectivity index (χ3n) is 2.55. The molecule has 1 aromatic heterocycles. The summed E-state index contributed by atoms with van der Waals surface area (Å²) in [4.78, 5) is 14.2. The van der Waals surface area contributed by atoms with E-state index in [1.807, 2.05) is 0 Å². The minimum Gasteiger partial charge on any atom is -0.425 e. The molecule has 0 amide bonds. The van der Waals surface area contributed by atoms with Gasteiger partial charge in [-0.25, -0.2) is 9.19 Å². The number of hydrogen-bond acceptors (Lipinski definition) is 4. The largest absolute Gasteiger partial charge is 0.425 e. The summed E-state index contributed by atoms with van der Waals surface area (Å²) in [6, 6.07) is 7.41. The molecule has 4 nitrogen and oxygen atoms in total. The molecule has 116 valence electrons. The number of carbonyl (C=O) groups is 1. The smallest absolute Gasteiger partial charge is 0.417 e. The van der Waals surface area contributed by atoms with Gasteiger partial charge in [-0.1, -0.05) is 12.1 Å². The van der Waals surface area contributed by atoms with E-state index in [2.05, 4.69) is 4.98 Å². The lowest BCUT2D eigenvalue weighted by Gasteiger charge is -2.15. The molecular weight excluding hydrogens is 319 g/mol. The van der Waals surface area contributed by atoms with Crippen LogP contribution in [0.5, 0.6) is 5.75 Å². The Balaban J connectivity index is 2.65. The number of alkyl halides is 3. The highest BCUT2D eigenvalue weighted by Crippen LogP contribution is 2.39. The quantitative estimate of drug-likeness (QED) is 0.641. The highest BCUT2D eigenvalue weighted by molar-refractivity contribution is 7.85. The van der Waals surface area contributed by atoms with E-state index < -0.39 is 39.2 Å². The van der Waals surface area contributed by atoms with Crippen molar-refractivity contribution in [2.45, 2.75) is 23.0 Å². The standard InChI is InChI=1S/C14H10F3NO3S/c1-9(19)21-11-6-4-5-10(14(15,16)17)13(11)22(20)12-7-2-3-8-18-12/h2-8H,1H3. The van der Waals surface area contributed by atoms with E-state index >= 15 is 0 Å². The van der Waals surface area contributed by atoms with Gasteiger partial charge >= 0.3 is 12.1 Å². The maximum Gasteiger partial charge on any atom is 0.417 e. The first-order valence-corrected chi connectivity index (χ1v) is 7.17. The van der Waals surface area contributed by atoms with E-state index in [4.69, 9.17) is 4.74 Å². The van der Waals surface area contributed by atoms with E-state index in [1.54, 1.807) is 6.07 Å². The monoisotopic (exact) mass is 329 g/mol. The van der Waals surface area contributed by atoms with Gasteiger partial charge in [0.25, 0.3) is 0 Å². The second-order valence-corrected chi connectivity index (χ2v) is 5.52. The Bertz CT molecular complexity index is 717. The zero-order valence-corrected chi connectivity index (χ0v) is 12.1. The molecule has 22 heavy (non-hydrogen) atoms. The minimum absolute atomic E-state index is 0.0624. The lowest BCUT2D eigenvalue weighted by Crippen LogP contribution is -2.14. The van der Waals surface area contributed by atoms with E-state index in [1.165, 1.54) is 18.3 Å². The Morgan fingerprint density at radius 2 is 1.91 bits per heavy atom. The molecule has 0 bridgehead atoms. The normalized spacial score (nSPS) is 12.7. The molecule has 0 aliphatic carbocycles. The van der Waals surface area contributed by atoms with Gasteiger partial charge in [0.05, 0.1) is 5.56 Å². The number of pyridine rings is 1. The van der Waals surface area contributed by atoms with Crippen LogP contribution in [0.15, 0.2) is 52.5 Å². The number of nitrogens with zero attached hydrogens (tertiary/aromatic N) is 1. The molecule has 0 aliphatic heterocycles. The number of hydrogen-bond donors (Lipinski definition) is 0. The molecule has 1 heterocycles. The number of benzene rings is 1. The van der Waals surface area contributed by atoms with Crippen LogP contribution < -0.4 is 4.74 Å². The van der Waals surface area contributed by atoms with Gasteiger partial charge in [-0.05, 0) is 24.3 Å². The van der Waals surface area contributed by atoms with Crippen LogP contribution in [0, 0.1) is 0 Å². The van der Waals surface area contributed by atoms with Gasteiger partial charge in [0.2, 0.25) is 0 Å². The van der Waals surface area contributed by atoms with Crippen LogP contribution >= 0.6 is 0 Å². The van der Waals surface area contributed by atoms with Crippen molar-refractivity contribution in [2.75, 3.05) is 0 Å². The van der Waals surface area contributed by atoms with Crippen molar-refractivity contribution in [3.63, 3.8) is 0 Å². The van der Waals surface area contributed by atoms with Crippen molar-refractivity contribution >= 4 is 16.8 Å². The summed E-state index contributed by atoms with van der Waals surface area (Å²) in [5, 5.41) is -0.0624. The first-order valence-electron chi connectivity index (χ1n) is 6.02. The number of esters is 1. The van der Waals surface area contributed by atoms with E-state index in [0.717, 1.165) is 25.1 Å². The predicted octanol–water partition coefficient (Wildman–Crippen LogP) is 3.19. The molecule has 0 saturated carbocycles. The summed E-state index contributed by atoms with van der Waals surface area (Å²) in [6.45, 7) is 1.05. The van der Waals surface area contributed by atoms with Gasteiger partial charge < -0.3 is 4.74 Å². The second kappa shape index (κ2) is 6.27. The minimum atomic E-state index is -4.74. The van der Waals surface area contributed by atoms with Crippen molar-refractivity contribution in [3.05, 3.63) is 48.2 Å². The van der Waals surface area contributed by atoms with Crippen LogP contribution in [-0.4, -0.2) is 15.2 Å². The number of halogens is 3. The van der Waals surface area contributed by atoms with Crippen LogP contribution in [0.4, 0.5) is 13.2 Å². The average molecular weight is 329 g/mol. The van der Waals surface area contributed by atoms with Crippen molar-refractivity contribution in [3.8, 4) is 5.75 Å². The summed E-state index contributed by atoms with van der Waals surface area (Å²) >= 11 is 0. The fourth-order valence-corrected chi connectivity index (χ4v) is 2.97. The number of carbonyl (C=O) groups excluding carboxylic acids is 1. The zero-order valence-electron chi connectivity index (χ0n) is 11.3. The molecule has 2 rings (SSSR count). The van der Waals surface area contributed by atoms with Gasteiger partial charge in [-0.3, -0.25) is 4.79 Å². The summed E-state index contributed by atoms with van der Waals surface area (Å²) in [5.41, 5.74) is -1.13. The van der Waals surface area contributed by atoms with Crippen molar-refractivity contribution < 1.29 is 26.9 Å².